The highest BCUT2D eigenvalue weighted by molar-refractivity contribution is 5.66. The maximum absolute atomic E-state index is 5.52. The molecule has 0 bridgehead atoms. The first-order valence-electron chi connectivity index (χ1n) is 11.3. The molecule has 3 aromatic rings. The summed E-state index contributed by atoms with van der Waals surface area (Å²) in [4.78, 5) is 18.4. The number of anilines is 1. The Morgan fingerprint density at radius 3 is 2.59 bits per heavy atom. The van der Waals surface area contributed by atoms with Crippen molar-refractivity contribution in [1.29, 1.82) is 0 Å². The van der Waals surface area contributed by atoms with E-state index >= 15 is 0 Å². The molecular weight excluding hydrogens is 398 g/mol. The number of aromatic nitrogens is 3. The SMILES string of the molecule is COc1cc(C)c(CN2CCCCC2c2nc(N(C)C)ncc2-c2ccncc2)cc1C. The molecule has 0 spiro atoms. The number of hydrogen-bond donors (Lipinski definition) is 0. The summed E-state index contributed by atoms with van der Waals surface area (Å²) in [5, 5.41) is 0. The second-order valence-electron chi connectivity index (χ2n) is 8.83. The minimum absolute atomic E-state index is 0.246. The second kappa shape index (κ2) is 9.65. The maximum atomic E-state index is 5.52. The highest BCUT2D eigenvalue weighted by atomic mass is 16.5. The molecule has 1 aliphatic heterocycles. The average Bonchev–Trinajstić information content (AvgIpc) is 2.81. The van der Waals surface area contributed by atoms with E-state index in [-0.39, 0.29) is 6.04 Å². The number of nitrogens with zero attached hydrogens (tertiary/aromatic N) is 5. The lowest BCUT2D eigenvalue weighted by molar-refractivity contribution is 0.137. The first-order chi connectivity index (χ1) is 15.5. The Labute approximate surface area is 191 Å². The van der Waals surface area contributed by atoms with Gasteiger partial charge in [-0.1, -0.05) is 12.5 Å². The van der Waals surface area contributed by atoms with Crippen molar-refractivity contribution in [3.8, 4) is 16.9 Å². The zero-order chi connectivity index (χ0) is 22.7. The number of benzene rings is 1. The van der Waals surface area contributed by atoms with Crippen molar-refractivity contribution in [2.75, 3.05) is 32.6 Å². The molecule has 1 saturated heterocycles. The first kappa shape index (κ1) is 22.2. The van der Waals surface area contributed by atoms with Crippen LogP contribution in [0.5, 0.6) is 5.75 Å². The van der Waals surface area contributed by atoms with Gasteiger partial charge in [-0.25, -0.2) is 9.97 Å². The van der Waals surface area contributed by atoms with Gasteiger partial charge >= 0.3 is 0 Å². The molecule has 1 aliphatic rings. The average molecular weight is 432 g/mol. The number of hydrogen-bond acceptors (Lipinski definition) is 6. The van der Waals surface area contributed by atoms with Crippen LogP contribution in [0.2, 0.25) is 0 Å². The van der Waals surface area contributed by atoms with E-state index < -0.39 is 0 Å². The molecule has 6 nitrogen and oxygen atoms in total. The van der Waals surface area contributed by atoms with E-state index in [1.165, 1.54) is 29.5 Å². The molecule has 32 heavy (non-hydrogen) atoms. The fraction of sp³-hybridized carbons (Fsp3) is 0.423. The van der Waals surface area contributed by atoms with E-state index in [1.54, 1.807) is 7.11 Å². The molecule has 1 atom stereocenters. The molecule has 0 radical (unpaired) electrons. The van der Waals surface area contributed by atoms with Gasteiger partial charge in [0.15, 0.2) is 0 Å². The highest BCUT2D eigenvalue weighted by Crippen LogP contribution is 2.37. The monoisotopic (exact) mass is 431 g/mol. The Balaban J connectivity index is 1.74. The third kappa shape index (κ3) is 4.60. The third-order valence-electron chi connectivity index (χ3n) is 6.35. The maximum Gasteiger partial charge on any atom is 0.225 e. The van der Waals surface area contributed by atoms with Gasteiger partial charge in [-0.2, -0.15) is 0 Å². The third-order valence-corrected chi connectivity index (χ3v) is 6.35. The lowest BCUT2D eigenvalue weighted by atomic mass is 9.93. The van der Waals surface area contributed by atoms with E-state index in [2.05, 4.69) is 40.8 Å². The minimum Gasteiger partial charge on any atom is -0.496 e. The topological polar surface area (TPSA) is 54.4 Å². The molecule has 2 aromatic heterocycles. The largest absolute Gasteiger partial charge is 0.496 e. The summed E-state index contributed by atoms with van der Waals surface area (Å²) in [6, 6.07) is 8.76. The Kier molecular flexibility index (Phi) is 6.70. The van der Waals surface area contributed by atoms with Crippen LogP contribution < -0.4 is 9.64 Å². The number of methoxy groups -OCH3 is 1. The molecule has 4 rings (SSSR count). The molecule has 0 N–H and O–H groups in total. The molecule has 6 heteroatoms. The summed E-state index contributed by atoms with van der Waals surface area (Å²) in [6.45, 7) is 6.25. The van der Waals surface area contributed by atoms with Gasteiger partial charge in [0, 0.05) is 44.8 Å². The van der Waals surface area contributed by atoms with E-state index in [0.29, 0.717) is 0 Å². The van der Waals surface area contributed by atoms with Crippen molar-refractivity contribution >= 4 is 5.95 Å². The molecule has 0 amide bonds. The van der Waals surface area contributed by atoms with Gasteiger partial charge in [0.25, 0.3) is 0 Å². The van der Waals surface area contributed by atoms with Crippen LogP contribution in [0.4, 0.5) is 5.95 Å². The standard InChI is InChI=1S/C26H33N5O/c1-18-15-24(32-5)19(2)14-21(18)17-31-13-7-6-8-23(31)25-22(20-9-11-27-12-10-20)16-28-26(29-25)30(3)4/h9-12,14-16,23H,6-8,13,17H2,1-5H3. The van der Waals surface area contributed by atoms with Crippen molar-refractivity contribution in [2.24, 2.45) is 0 Å². The van der Waals surface area contributed by atoms with Crippen molar-refractivity contribution in [3.63, 3.8) is 0 Å². The summed E-state index contributed by atoms with van der Waals surface area (Å²) in [6.07, 6.45) is 9.15. The summed E-state index contributed by atoms with van der Waals surface area (Å²) in [5.74, 6) is 1.70. The van der Waals surface area contributed by atoms with Crippen LogP contribution in [0.15, 0.2) is 42.9 Å². The number of piperidine rings is 1. The van der Waals surface area contributed by atoms with Crippen LogP contribution in [0.3, 0.4) is 0 Å². The molecular formula is C26H33N5O. The molecule has 1 aromatic carbocycles. The van der Waals surface area contributed by atoms with E-state index in [4.69, 9.17) is 9.72 Å². The smallest absolute Gasteiger partial charge is 0.225 e. The van der Waals surface area contributed by atoms with Crippen LogP contribution in [0, 0.1) is 13.8 Å². The first-order valence-corrected chi connectivity index (χ1v) is 11.3. The number of aryl methyl sites for hydroxylation is 2. The predicted molar refractivity (Wildman–Crippen MR) is 129 cm³/mol. The van der Waals surface area contributed by atoms with Crippen LogP contribution in [-0.4, -0.2) is 47.6 Å². The van der Waals surface area contributed by atoms with Gasteiger partial charge in [0.1, 0.15) is 5.75 Å². The van der Waals surface area contributed by atoms with Crippen molar-refractivity contribution < 1.29 is 4.74 Å². The number of pyridine rings is 1. The lowest BCUT2D eigenvalue weighted by Gasteiger charge is -2.37. The van der Waals surface area contributed by atoms with Crippen molar-refractivity contribution in [3.05, 3.63) is 65.2 Å². The number of ether oxygens (including phenoxy) is 1. The fourth-order valence-electron chi connectivity index (χ4n) is 4.56. The molecule has 1 fully saturated rings. The van der Waals surface area contributed by atoms with Gasteiger partial charge in [-0.3, -0.25) is 9.88 Å². The Morgan fingerprint density at radius 2 is 1.88 bits per heavy atom. The van der Waals surface area contributed by atoms with Gasteiger partial charge in [-0.05, 0) is 73.7 Å². The van der Waals surface area contributed by atoms with Gasteiger partial charge in [0.05, 0.1) is 18.8 Å². The molecule has 0 saturated carbocycles. The van der Waals surface area contributed by atoms with Crippen LogP contribution in [0.25, 0.3) is 11.1 Å². The van der Waals surface area contributed by atoms with E-state index in [0.717, 1.165) is 48.0 Å². The van der Waals surface area contributed by atoms with Crippen LogP contribution in [-0.2, 0) is 6.54 Å². The summed E-state index contributed by atoms with van der Waals surface area (Å²) >= 11 is 0. The fourth-order valence-corrected chi connectivity index (χ4v) is 4.56. The lowest BCUT2D eigenvalue weighted by Crippen LogP contribution is -2.34. The Hall–Kier alpha value is -2.99. The molecule has 1 unspecified atom stereocenters. The van der Waals surface area contributed by atoms with Gasteiger partial charge in [-0.15, -0.1) is 0 Å². The highest BCUT2D eigenvalue weighted by Gasteiger charge is 2.29. The summed E-state index contributed by atoms with van der Waals surface area (Å²) < 4.78 is 5.52. The zero-order valence-electron chi connectivity index (χ0n) is 19.8. The normalized spacial score (nSPS) is 16.7. The zero-order valence-corrected chi connectivity index (χ0v) is 19.8. The molecule has 168 valence electrons. The van der Waals surface area contributed by atoms with E-state index in [9.17, 15) is 0 Å². The second-order valence-corrected chi connectivity index (χ2v) is 8.83. The van der Waals surface area contributed by atoms with Gasteiger partial charge in [0.2, 0.25) is 5.95 Å². The van der Waals surface area contributed by atoms with E-state index in [1.807, 2.05) is 49.7 Å². The molecule has 0 aliphatic carbocycles. The predicted octanol–water partition coefficient (Wildman–Crippen LogP) is 4.96. The van der Waals surface area contributed by atoms with Gasteiger partial charge < -0.3 is 9.64 Å². The van der Waals surface area contributed by atoms with Crippen LogP contribution >= 0.6 is 0 Å². The van der Waals surface area contributed by atoms with Crippen molar-refractivity contribution in [2.45, 2.75) is 45.7 Å². The number of rotatable bonds is 6. The minimum atomic E-state index is 0.246. The number of likely N-dealkylation sites (tertiary alicyclic amines) is 1. The van der Waals surface area contributed by atoms with Crippen LogP contribution in [0.1, 0.15) is 47.7 Å². The quantitative estimate of drug-likeness (QED) is 0.550. The summed E-state index contributed by atoms with van der Waals surface area (Å²) in [5.41, 5.74) is 7.11. The molecule has 3 heterocycles. The van der Waals surface area contributed by atoms with Crippen molar-refractivity contribution in [1.82, 2.24) is 19.9 Å². The Morgan fingerprint density at radius 1 is 1.09 bits per heavy atom. The summed E-state index contributed by atoms with van der Waals surface area (Å²) in [7, 11) is 5.72. The Bertz CT molecular complexity index is 1070.